The van der Waals surface area contributed by atoms with Gasteiger partial charge in [-0.05, 0) is 6.42 Å². The van der Waals surface area contributed by atoms with E-state index in [0.717, 1.165) is 19.3 Å². The Kier molecular flexibility index (Phi) is 8.70. The summed E-state index contributed by atoms with van der Waals surface area (Å²) in [5.74, 6) is -0.676. The van der Waals surface area contributed by atoms with Crippen molar-refractivity contribution >= 4 is 5.97 Å². The number of carboxylic acids is 1. The van der Waals surface area contributed by atoms with E-state index in [1.807, 2.05) is 0 Å². The van der Waals surface area contributed by atoms with Crippen molar-refractivity contribution in [3.05, 3.63) is 0 Å². The Bertz CT molecular complexity index is 149. The molecule has 0 aromatic heterocycles. The predicted octanol–water partition coefficient (Wildman–Crippen LogP) is 3.99. The third kappa shape index (κ3) is 11.5. The molecular formula is C12H24O2. The van der Waals surface area contributed by atoms with Crippen LogP contribution >= 0.6 is 0 Å². The average molecular weight is 201 g/mol. The highest BCUT2D eigenvalue weighted by Crippen LogP contribution is 2.10. The van der Waals surface area contributed by atoms with Crippen LogP contribution in [0.15, 0.2) is 0 Å². The van der Waals surface area contributed by atoms with Gasteiger partial charge in [0.05, 0.1) is 0 Å². The molecule has 0 aromatic rings. The molecule has 0 heterocycles. The summed E-state index contributed by atoms with van der Waals surface area (Å²) in [4.78, 5) is 10.2. The van der Waals surface area contributed by atoms with Crippen molar-refractivity contribution in [2.75, 3.05) is 0 Å². The summed E-state index contributed by atoms with van der Waals surface area (Å²) in [7, 11) is 0. The van der Waals surface area contributed by atoms with Gasteiger partial charge in [0.25, 0.3) is 0 Å². The number of aliphatic carboxylic acids is 1. The summed E-state index contributed by atoms with van der Waals surface area (Å²) < 4.78 is 6.98. The molecule has 0 bridgehead atoms. The molecule has 0 aliphatic rings. The van der Waals surface area contributed by atoms with E-state index in [1.165, 1.54) is 38.5 Å². The van der Waals surface area contributed by atoms with Gasteiger partial charge < -0.3 is 5.11 Å². The van der Waals surface area contributed by atoms with Crippen molar-refractivity contribution in [2.45, 2.75) is 71.1 Å². The second-order valence-corrected chi connectivity index (χ2v) is 3.83. The van der Waals surface area contributed by atoms with Crippen LogP contribution in [0.3, 0.4) is 0 Å². The van der Waals surface area contributed by atoms with Crippen molar-refractivity contribution in [1.29, 1.82) is 0 Å². The summed E-state index contributed by atoms with van der Waals surface area (Å²) in [6.07, 6.45) is 10.7. The second kappa shape index (κ2) is 10.6. The van der Waals surface area contributed by atoms with Gasteiger partial charge in [-0.1, -0.05) is 58.3 Å². The molecule has 0 amide bonds. The molecule has 0 radical (unpaired) electrons. The molecule has 14 heavy (non-hydrogen) atoms. The van der Waals surface area contributed by atoms with Crippen LogP contribution in [0.2, 0.25) is 0 Å². The van der Waals surface area contributed by atoms with E-state index >= 15 is 0 Å². The van der Waals surface area contributed by atoms with Gasteiger partial charge in [-0.2, -0.15) is 0 Å². The fourth-order valence-electron chi connectivity index (χ4n) is 1.51. The highest BCUT2D eigenvalue weighted by molar-refractivity contribution is 5.66. The van der Waals surface area contributed by atoms with Crippen molar-refractivity contribution in [3.63, 3.8) is 0 Å². The molecule has 0 aliphatic heterocycles. The third-order valence-electron chi connectivity index (χ3n) is 2.39. The molecule has 0 fully saturated rings. The summed E-state index contributed by atoms with van der Waals surface area (Å²) in [5.41, 5.74) is 0. The molecule has 0 spiro atoms. The van der Waals surface area contributed by atoms with Gasteiger partial charge in [-0.25, -0.2) is 0 Å². The van der Waals surface area contributed by atoms with Crippen molar-refractivity contribution < 1.29 is 11.3 Å². The lowest BCUT2D eigenvalue weighted by atomic mass is 10.1. The molecule has 0 unspecified atom stereocenters. The molecule has 0 saturated carbocycles. The van der Waals surface area contributed by atoms with Crippen molar-refractivity contribution in [1.82, 2.24) is 0 Å². The Labute approximate surface area is 89.1 Å². The highest BCUT2D eigenvalue weighted by atomic mass is 16.4. The van der Waals surface area contributed by atoms with E-state index in [-0.39, 0.29) is 0 Å². The van der Waals surface area contributed by atoms with Gasteiger partial charge in [-0.15, -0.1) is 0 Å². The first kappa shape index (κ1) is 11.5. The normalized spacial score (nSPS) is 11.3. The number of unbranched alkanes of at least 4 members (excludes halogenated alkanes) is 8. The van der Waals surface area contributed by atoms with Gasteiger partial charge in [0, 0.05) is 7.79 Å². The monoisotopic (exact) mass is 201 g/mol. The van der Waals surface area contributed by atoms with E-state index < -0.39 is 5.97 Å². The Morgan fingerprint density at radius 3 is 2.00 bits per heavy atom. The molecule has 0 atom stereocenters. The summed E-state index contributed by atoms with van der Waals surface area (Å²) >= 11 is 0. The van der Waals surface area contributed by atoms with Crippen LogP contribution in [0.4, 0.5) is 0 Å². The first-order valence-electron chi connectivity index (χ1n) is 6.49. The number of hydrogen-bond acceptors (Lipinski definition) is 1. The minimum absolute atomic E-state index is 0.323. The Balaban J connectivity index is 2.89. The maximum Gasteiger partial charge on any atom is 0.303 e. The molecule has 2 heteroatoms. The first-order chi connectivity index (χ1) is 7.27. The molecule has 84 valence electrons. The number of carboxylic acid groups (broad SMARTS) is 1. The minimum atomic E-state index is -0.676. The Morgan fingerprint density at radius 2 is 1.50 bits per heavy atom. The SMILES string of the molecule is [2H]CCCCCCCCCCCC(=O)O. The molecule has 2 nitrogen and oxygen atoms in total. The van der Waals surface area contributed by atoms with Crippen LogP contribution in [0.5, 0.6) is 0 Å². The number of hydrogen-bond donors (Lipinski definition) is 1. The fraction of sp³-hybridized carbons (Fsp3) is 0.917. The van der Waals surface area contributed by atoms with Crippen LogP contribution in [0, 0.1) is 0 Å². The van der Waals surface area contributed by atoms with E-state index in [9.17, 15) is 4.79 Å². The van der Waals surface area contributed by atoms with E-state index in [1.54, 1.807) is 0 Å². The van der Waals surface area contributed by atoms with Gasteiger partial charge in [0.2, 0.25) is 0 Å². The molecule has 1 N–H and O–H groups in total. The van der Waals surface area contributed by atoms with Gasteiger partial charge in [0.15, 0.2) is 0 Å². The van der Waals surface area contributed by atoms with E-state index in [2.05, 4.69) is 0 Å². The molecule has 0 rings (SSSR count). The van der Waals surface area contributed by atoms with Gasteiger partial charge in [-0.3, -0.25) is 4.79 Å². The Hall–Kier alpha value is -0.530. The van der Waals surface area contributed by atoms with E-state index in [0.29, 0.717) is 13.3 Å². The highest BCUT2D eigenvalue weighted by Gasteiger charge is 1.96. The molecule has 0 aliphatic carbocycles. The van der Waals surface area contributed by atoms with Crippen LogP contribution in [0.1, 0.15) is 72.5 Å². The lowest BCUT2D eigenvalue weighted by Gasteiger charge is -2.00. The second-order valence-electron chi connectivity index (χ2n) is 3.83. The lowest BCUT2D eigenvalue weighted by molar-refractivity contribution is -0.137. The van der Waals surface area contributed by atoms with Crippen LogP contribution in [-0.2, 0) is 4.79 Å². The summed E-state index contributed by atoms with van der Waals surface area (Å²) in [6, 6.07) is 0. The van der Waals surface area contributed by atoms with E-state index in [4.69, 9.17) is 6.48 Å². The largest absolute Gasteiger partial charge is 0.481 e. The van der Waals surface area contributed by atoms with Crippen LogP contribution in [0.25, 0.3) is 0 Å². The first-order valence-corrected chi connectivity index (χ1v) is 5.78. The van der Waals surface area contributed by atoms with Gasteiger partial charge in [0.1, 0.15) is 0 Å². The zero-order valence-corrected chi connectivity index (χ0v) is 9.13. The van der Waals surface area contributed by atoms with Crippen molar-refractivity contribution in [3.8, 4) is 0 Å². The van der Waals surface area contributed by atoms with Crippen LogP contribution < -0.4 is 0 Å². The summed E-state index contributed by atoms with van der Waals surface area (Å²) in [6.45, 7) is 0.565. The average Bonchev–Trinajstić information content (AvgIpc) is 2.20. The maximum atomic E-state index is 10.2. The molecule has 0 saturated heterocycles. The number of carbonyl (C=O) groups is 1. The smallest absolute Gasteiger partial charge is 0.303 e. The zero-order chi connectivity index (χ0) is 11.4. The summed E-state index contributed by atoms with van der Waals surface area (Å²) in [5, 5.41) is 8.42. The predicted molar refractivity (Wildman–Crippen MR) is 59.5 cm³/mol. The van der Waals surface area contributed by atoms with Crippen molar-refractivity contribution in [2.24, 2.45) is 0 Å². The third-order valence-corrected chi connectivity index (χ3v) is 2.39. The molecule has 0 aromatic carbocycles. The fourth-order valence-corrected chi connectivity index (χ4v) is 1.51. The van der Waals surface area contributed by atoms with Crippen LogP contribution in [-0.4, -0.2) is 11.1 Å². The quantitative estimate of drug-likeness (QED) is 0.542. The van der Waals surface area contributed by atoms with Gasteiger partial charge >= 0.3 is 5.97 Å². The topological polar surface area (TPSA) is 37.3 Å². The zero-order valence-electron chi connectivity index (χ0n) is 10.1. The number of rotatable bonds is 10. The lowest BCUT2D eigenvalue weighted by Crippen LogP contribution is -1.93. The minimum Gasteiger partial charge on any atom is -0.481 e. The Morgan fingerprint density at radius 1 is 1.00 bits per heavy atom. The maximum absolute atomic E-state index is 10.2. The standard InChI is InChI=1S/C12H24O2/c1-2-3-4-5-6-7-8-9-10-11-12(13)14/h2-11H2,1H3,(H,13,14)/i1D. The molecular weight excluding hydrogens is 176 g/mol.